The smallest absolute Gasteiger partial charge is 0.162 e. The lowest BCUT2D eigenvalue weighted by atomic mass is 9.96. The van der Waals surface area contributed by atoms with Crippen LogP contribution in [0.5, 0.6) is 0 Å². The highest BCUT2D eigenvalue weighted by Crippen LogP contribution is 2.22. The van der Waals surface area contributed by atoms with Crippen molar-refractivity contribution in [3.05, 3.63) is 17.5 Å². The van der Waals surface area contributed by atoms with E-state index >= 15 is 0 Å². The van der Waals surface area contributed by atoms with E-state index in [1.54, 1.807) is 0 Å². The van der Waals surface area contributed by atoms with Gasteiger partial charge in [0.15, 0.2) is 5.76 Å². The Labute approximate surface area is 76.9 Å². The van der Waals surface area contributed by atoms with E-state index in [-0.39, 0.29) is 6.61 Å². The SMILES string of the molecule is OCc1cc(C2CCCNC2)no1. The number of nitrogens with one attached hydrogen (secondary N) is 1. The average molecular weight is 182 g/mol. The first-order valence-corrected chi connectivity index (χ1v) is 4.67. The molecule has 1 unspecified atom stereocenters. The van der Waals surface area contributed by atoms with Crippen molar-refractivity contribution in [1.29, 1.82) is 0 Å². The maximum atomic E-state index is 8.80. The zero-order valence-corrected chi connectivity index (χ0v) is 7.49. The second-order valence-corrected chi connectivity index (χ2v) is 3.42. The Bertz CT molecular complexity index is 266. The van der Waals surface area contributed by atoms with Gasteiger partial charge in [-0.15, -0.1) is 0 Å². The third-order valence-corrected chi connectivity index (χ3v) is 2.45. The molecule has 0 spiro atoms. The van der Waals surface area contributed by atoms with Gasteiger partial charge in [0.1, 0.15) is 6.61 Å². The van der Waals surface area contributed by atoms with Gasteiger partial charge in [-0.3, -0.25) is 0 Å². The predicted octanol–water partition coefficient (Wildman–Crippen LogP) is 0.634. The van der Waals surface area contributed by atoms with Crippen molar-refractivity contribution in [3.63, 3.8) is 0 Å². The number of aliphatic hydroxyl groups excluding tert-OH is 1. The normalized spacial score (nSPS) is 23.3. The molecule has 4 nitrogen and oxygen atoms in total. The van der Waals surface area contributed by atoms with E-state index in [4.69, 9.17) is 9.63 Å². The molecule has 2 N–H and O–H groups in total. The molecule has 1 aliphatic heterocycles. The maximum Gasteiger partial charge on any atom is 0.162 e. The van der Waals surface area contributed by atoms with E-state index < -0.39 is 0 Å². The first kappa shape index (κ1) is 8.72. The highest BCUT2D eigenvalue weighted by molar-refractivity contribution is 5.11. The number of aliphatic hydroxyl groups is 1. The quantitative estimate of drug-likeness (QED) is 0.704. The third kappa shape index (κ3) is 1.89. The summed E-state index contributed by atoms with van der Waals surface area (Å²) in [4.78, 5) is 0. The van der Waals surface area contributed by atoms with Gasteiger partial charge in [-0.25, -0.2) is 0 Å². The Morgan fingerprint density at radius 2 is 2.62 bits per heavy atom. The molecule has 1 aliphatic rings. The van der Waals surface area contributed by atoms with Crippen molar-refractivity contribution in [2.45, 2.75) is 25.4 Å². The molecule has 13 heavy (non-hydrogen) atoms. The minimum Gasteiger partial charge on any atom is -0.388 e. The van der Waals surface area contributed by atoms with Crippen LogP contribution in [0.4, 0.5) is 0 Å². The summed E-state index contributed by atoms with van der Waals surface area (Å²) < 4.78 is 4.94. The van der Waals surface area contributed by atoms with Crippen LogP contribution in [-0.2, 0) is 6.61 Å². The van der Waals surface area contributed by atoms with Crippen LogP contribution >= 0.6 is 0 Å². The van der Waals surface area contributed by atoms with Crippen molar-refractivity contribution in [2.75, 3.05) is 13.1 Å². The Hall–Kier alpha value is -0.870. The zero-order valence-electron chi connectivity index (χ0n) is 7.49. The monoisotopic (exact) mass is 182 g/mol. The van der Waals surface area contributed by atoms with Crippen molar-refractivity contribution >= 4 is 0 Å². The van der Waals surface area contributed by atoms with Crippen molar-refractivity contribution < 1.29 is 9.63 Å². The number of hydrogen-bond donors (Lipinski definition) is 2. The Kier molecular flexibility index (Phi) is 2.61. The second-order valence-electron chi connectivity index (χ2n) is 3.42. The Morgan fingerprint density at radius 1 is 1.69 bits per heavy atom. The lowest BCUT2D eigenvalue weighted by Gasteiger charge is -2.20. The van der Waals surface area contributed by atoms with Gasteiger partial charge < -0.3 is 14.9 Å². The molecule has 0 bridgehead atoms. The molecule has 0 saturated carbocycles. The molecule has 1 saturated heterocycles. The Balaban J connectivity index is 2.05. The highest BCUT2D eigenvalue weighted by Gasteiger charge is 2.18. The fourth-order valence-electron chi connectivity index (χ4n) is 1.70. The summed E-state index contributed by atoms with van der Waals surface area (Å²) in [6.07, 6.45) is 2.34. The fraction of sp³-hybridized carbons (Fsp3) is 0.667. The standard InChI is InChI=1S/C9H14N2O2/c12-6-8-4-9(11-13-8)7-2-1-3-10-5-7/h4,7,10,12H,1-3,5-6H2. The minimum atomic E-state index is -0.0624. The van der Waals surface area contributed by atoms with E-state index in [1.165, 1.54) is 6.42 Å². The van der Waals surface area contributed by atoms with Crippen molar-refractivity contribution in [3.8, 4) is 0 Å². The molecule has 1 atom stereocenters. The van der Waals surface area contributed by atoms with Crippen LogP contribution in [0.25, 0.3) is 0 Å². The molecule has 4 heteroatoms. The first-order chi connectivity index (χ1) is 6.40. The van der Waals surface area contributed by atoms with Crippen LogP contribution in [0, 0.1) is 0 Å². The molecule has 2 heterocycles. The zero-order chi connectivity index (χ0) is 9.10. The molecule has 1 fully saturated rings. The average Bonchev–Trinajstić information content (AvgIpc) is 2.67. The topological polar surface area (TPSA) is 58.3 Å². The molecule has 0 amide bonds. The van der Waals surface area contributed by atoms with Gasteiger partial charge in [-0.05, 0) is 19.4 Å². The van der Waals surface area contributed by atoms with Crippen LogP contribution in [0.15, 0.2) is 10.6 Å². The van der Waals surface area contributed by atoms with Gasteiger partial charge in [-0.2, -0.15) is 0 Å². The van der Waals surface area contributed by atoms with Gasteiger partial charge in [0, 0.05) is 18.5 Å². The van der Waals surface area contributed by atoms with Crippen molar-refractivity contribution in [1.82, 2.24) is 10.5 Å². The summed E-state index contributed by atoms with van der Waals surface area (Å²) >= 11 is 0. The molecule has 1 aromatic rings. The third-order valence-electron chi connectivity index (χ3n) is 2.45. The predicted molar refractivity (Wildman–Crippen MR) is 47.3 cm³/mol. The van der Waals surface area contributed by atoms with E-state index in [1.807, 2.05) is 6.07 Å². The molecule has 2 rings (SSSR count). The Morgan fingerprint density at radius 3 is 3.23 bits per heavy atom. The number of piperidine rings is 1. The van der Waals surface area contributed by atoms with E-state index in [2.05, 4.69) is 10.5 Å². The summed E-state index contributed by atoms with van der Waals surface area (Å²) in [6, 6.07) is 1.84. The van der Waals surface area contributed by atoms with Crippen LogP contribution in [0.1, 0.15) is 30.2 Å². The highest BCUT2D eigenvalue weighted by atomic mass is 16.5. The molecule has 0 aromatic carbocycles. The van der Waals surface area contributed by atoms with Gasteiger partial charge in [-0.1, -0.05) is 5.16 Å². The summed E-state index contributed by atoms with van der Waals surface area (Å²) in [5, 5.41) is 16.1. The first-order valence-electron chi connectivity index (χ1n) is 4.67. The molecule has 72 valence electrons. The molecule has 0 aliphatic carbocycles. The lowest BCUT2D eigenvalue weighted by molar-refractivity contribution is 0.228. The van der Waals surface area contributed by atoms with Gasteiger partial charge in [0.05, 0.1) is 5.69 Å². The molecule has 0 radical (unpaired) electrons. The van der Waals surface area contributed by atoms with E-state index in [9.17, 15) is 0 Å². The molecular formula is C9H14N2O2. The summed E-state index contributed by atoms with van der Waals surface area (Å²) in [5.41, 5.74) is 0.969. The lowest BCUT2D eigenvalue weighted by Crippen LogP contribution is -2.28. The number of hydrogen-bond acceptors (Lipinski definition) is 4. The second kappa shape index (κ2) is 3.89. The van der Waals surface area contributed by atoms with Gasteiger partial charge in [0.25, 0.3) is 0 Å². The number of nitrogens with zero attached hydrogens (tertiary/aromatic N) is 1. The summed E-state index contributed by atoms with van der Waals surface area (Å²) in [5.74, 6) is 1.01. The molecular weight excluding hydrogens is 168 g/mol. The fourth-order valence-corrected chi connectivity index (χ4v) is 1.70. The van der Waals surface area contributed by atoms with Crippen LogP contribution < -0.4 is 5.32 Å². The van der Waals surface area contributed by atoms with Crippen LogP contribution in [0.2, 0.25) is 0 Å². The van der Waals surface area contributed by atoms with E-state index in [0.717, 1.165) is 25.2 Å². The van der Waals surface area contributed by atoms with E-state index in [0.29, 0.717) is 11.7 Å². The number of rotatable bonds is 2. The van der Waals surface area contributed by atoms with Crippen molar-refractivity contribution in [2.24, 2.45) is 0 Å². The maximum absolute atomic E-state index is 8.80. The summed E-state index contributed by atoms with van der Waals surface area (Å²) in [7, 11) is 0. The largest absolute Gasteiger partial charge is 0.388 e. The van der Waals surface area contributed by atoms with Gasteiger partial charge in [0.2, 0.25) is 0 Å². The number of aromatic nitrogens is 1. The minimum absolute atomic E-state index is 0.0624. The van der Waals surface area contributed by atoms with Crippen LogP contribution in [0.3, 0.4) is 0 Å². The van der Waals surface area contributed by atoms with Crippen LogP contribution in [-0.4, -0.2) is 23.4 Å². The molecule has 1 aromatic heterocycles. The van der Waals surface area contributed by atoms with Gasteiger partial charge >= 0.3 is 0 Å². The summed E-state index contributed by atoms with van der Waals surface area (Å²) in [6.45, 7) is 2.01.